The molecule has 0 radical (unpaired) electrons. The third-order valence-corrected chi connectivity index (χ3v) is 3.00. The number of sulfonamides is 1. The van der Waals surface area contributed by atoms with E-state index < -0.39 is 10.0 Å². The Balaban J connectivity index is 2.46. The van der Waals surface area contributed by atoms with Crippen LogP contribution < -0.4 is 9.46 Å². The van der Waals surface area contributed by atoms with Crippen LogP contribution in [0.3, 0.4) is 0 Å². The number of benzene rings is 1. The molecule has 0 aromatic heterocycles. The van der Waals surface area contributed by atoms with E-state index in [4.69, 9.17) is 4.74 Å². The molecule has 0 amide bonds. The molecule has 0 fully saturated rings. The summed E-state index contributed by atoms with van der Waals surface area (Å²) in [6.45, 7) is 0.201. The highest BCUT2D eigenvalue weighted by Gasteiger charge is 2.17. The van der Waals surface area contributed by atoms with Gasteiger partial charge < -0.3 is 4.74 Å². The molecular formula is C8H9NO3S. The van der Waals surface area contributed by atoms with Gasteiger partial charge in [-0.05, 0) is 12.1 Å². The van der Waals surface area contributed by atoms with Gasteiger partial charge in [-0.3, -0.25) is 4.72 Å². The van der Waals surface area contributed by atoms with Gasteiger partial charge >= 0.3 is 0 Å². The normalized spacial score (nSPS) is 19.1. The van der Waals surface area contributed by atoms with E-state index in [-0.39, 0.29) is 12.4 Å². The zero-order chi connectivity index (χ0) is 9.31. The summed E-state index contributed by atoms with van der Waals surface area (Å²) in [6.07, 6.45) is 0. The Morgan fingerprint density at radius 1 is 1.31 bits per heavy atom. The maximum atomic E-state index is 11.2. The highest BCUT2D eigenvalue weighted by atomic mass is 32.2. The molecule has 0 bridgehead atoms. The van der Waals surface area contributed by atoms with E-state index in [0.717, 1.165) is 0 Å². The molecule has 13 heavy (non-hydrogen) atoms. The number of fused-ring (bicyclic) bond motifs is 1. The third-order valence-electron chi connectivity index (χ3n) is 1.76. The zero-order valence-electron chi connectivity index (χ0n) is 6.86. The summed E-state index contributed by atoms with van der Waals surface area (Å²) in [5.41, 5.74) is 0.514. The van der Waals surface area contributed by atoms with Crippen LogP contribution in [0, 0.1) is 0 Å². The van der Waals surface area contributed by atoms with Crippen LogP contribution in [0.15, 0.2) is 24.3 Å². The summed E-state index contributed by atoms with van der Waals surface area (Å²) >= 11 is 0. The molecule has 0 aliphatic carbocycles. The molecule has 1 heterocycles. The Morgan fingerprint density at radius 3 is 2.92 bits per heavy atom. The second-order valence-corrected chi connectivity index (χ2v) is 4.61. The quantitative estimate of drug-likeness (QED) is 0.673. The third kappa shape index (κ3) is 1.75. The molecule has 1 aromatic rings. The Hall–Kier alpha value is -1.23. The van der Waals surface area contributed by atoms with Crippen molar-refractivity contribution in [3.8, 4) is 5.75 Å². The van der Waals surface area contributed by atoms with Gasteiger partial charge in [0.2, 0.25) is 10.0 Å². The Labute approximate surface area is 76.6 Å². The van der Waals surface area contributed by atoms with Gasteiger partial charge in [0.15, 0.2) is 0 Å². The lowest BCUT2D eigenvalue weighted by Crippen LogP contribution is -2.17. The van der Waals surface area contributed by atoms with E-state index in [1.54, 1.807) is 24.3 Å². The average molecular weight is 199 g/mol. The van der Waals surface area contributed by atoms with Crippen LogP contribution in [0.4, 0.5) is 5.69 Å². The second kappa shape index (κ2) is 2.92. The molecular weight excluding hydrogens is 190 g/mol. The Morgan fingerprint density at radius 2 is 2.08 bits per heavy atom. The lowest BCUT2D eigenvalue weighted by molar-refractivity contribution is 0.345. The van der Waals surface area contributed by atoms with Gasteiger partial charge in [0.1, 0.15) is 18.1 Å². The fourth-order valence-corrected chi connectivity index (χ4v) is 2.07. The second-order valence-electron chi connectivity index (χ2n) is 2.77. The lowest BCUT2D eigenvalue weighted by Gasteiger charge is -2.04. The van der Waals surface area contributed by atoms with Crippen molar-refractivity contribution in [2.45, 2.75) is 0 Å². The monoisotopic (exact) mass is 199 g/mol. The predicted molar refractivity (Wildman–Crippen MR) is 49.3 cm³/mol. The first-order chi connectivity index (χ1) is 6.17. The molecule has 1 N–H and O–H groups in total. The summed E-state index contributed by atoms with van der Waals surface area (Å²) in [4.78, 5) is 0. The molecule has 2 rings (SSSR count). The molecule has 1 aromatic carbocycles. The van der Waals surface area contributed by atoms with Crippen LogP contribution in [-0.2, 0) is 10.0 Å². The van der Waals surface area contributed by atoms with Gasteiger partial charge in [-0.2, -0.15) is 0 Å². The smallest absolute Gasteiger partial charge is 0.236 e. The van der Waals surface area contributed by atoms with Crippen LogP contribution in [0.25, 0.3) is 0 Å². The van der Waals surface area contributed by atoms with E-state index in [1.165, 1.54) is 0 Å². The summed E-state index contributed by atoms with van der Waals surface area (Å²) in [5, 5.41) is 0. The Bertz CT molecular complexity index is 413. The minimum Gasteiger partial charge on any atom is -0.490 e. The van der Waals surface area contributed by atoms with Gasteiger partial charge in [-0.15, -0.1) is 0 Å². The number of ether oxygens (including phenoxy) is 1. The van der Waals surface area contributed by atoms with Crippen molar-refractivity contribution in [1.82, 2.24) is 0 Å². The molecule has 4 nitrogen and oxygen atoms in total. The maximum absolute atomic E-state index is 11.2. The first-order valence-corrected chi connectivity index (χ1v) is 5.55. The fourth-order valence-electron chi connectivity index (χ4n) is 1.16. The first kappa shape index (κ1) is 8.37. The highest BCUT2D eigenvalue weighted by Crippen LogP contribution is 2.26. The molecule has 1 aliphatic rings. The van der Waals surface area contributed by atoms with E-state index in [2.05, 4.69) is 4.72 Å². The number of para-hydroxylation sites is 2. The van der Waals surface area contributed by atoms with Crippen molar-refractivity contribution in [3.63, 3.8) is 0 Å². The largest absolute Gasteiger partial charge is 0.490 e. The molecule has 0 saturated carbocycles. The van der Waals surface area contributed by atoms with Crippen molar-refractivity contribution >= 4 is 15.7 Å². The van der Waals surface area contributed by atoms with Crippen LogP contribution in [0.5, 0.6) is 5.75 Å². The summed E-state index contributed by atoms with van der Waals surface area (Å²) in [6, 6.07) is 6.98. The maximum Gasteiger partial charge on any atom is 0.236 e. The van der Waals surface area contributed by atoms with Crippen LogP contribution in [0.1, 0.15) is 0 Å². The van der Waals surface area contributed by atoms with E-state index in [0.29, 0.717) is 11.4 Å². The van der Waals surface area contributed by atoms with Crippen LogP contribution >= 0.6 is 0 Å². The molecule has 0 saturated heterocycles. The summed E-state index contributed by atoms with van der Waals surface area (Å²) in [5.74, 6) is 0.588. The minimum atomic E-state index is -3.21. The van der Waals surface area contributed by atoms with E-state index >= 15 is 0 Å². The molecule has 0 atom stereocenters. The van der Waals surface area contributed by atoms with Gasteiger partial charge in [-0.25, -0.2) is 8.42 Å². The van der Waals surface area contributed by atoms with E-state index in [1.807, 2.05) is 0 Å². The van der Waals surface area contributed by atoms with Gasteiger partial charge in [0, 0.05) is 0 Å². The van der Waals surface area contributed by atoms with Crippen molar-refractivity contribution in [2.24, 2.45) is 0 Å². The standard InChI is InChI=1S/C8H9NO3S/c10-13(11)6-5-12-8-4-2-1-3-7(8)9-13/h1-4,9H,5-6H2. The summed E-state index contributed by atoms with van der Waals surface area (Å²) in [7, 11) is -3.21. The Kier molecular flexibility index (Phi) is 1.88. The van der Waals surface area contributed by atoms with Gasteiger partial charge in [0.25, 0.3) is 0 Å². The molecule has 0 spiro atoms. The van der Waals surface area contributed by atoms with Crippen LogP contribution in [0.2, 0.25) is 0 Å². The van der Waals surface area contributed by atoms with Crippen molar-refractivity contribution in [2.75, 3.05) is 17.1 Å². The number of rotatable bonds is 0. The van der Waals surface area contributed by atoms with Gasteiger partial charge in [0.05, 0.1) is 5.69 Å². The molecule has 0 unspecified atom stereocenters. The summed E-state index contributed by atoms with van der Waals surface area (Å²) < 4.78 is 30.2. The fraction of sp³-hybridized carbons (Fsp3) is 0.250. The number of hydrogen-bond acceptors (Lipinski definition) is 3. The zero-order valence-corrected chi connectivity index (χ0v) is 7.67. The molecule has 5 heteroatoms. The first-order valence-electron chi connectivity index (χ1n) is 3.90. The van der Waals surface area contributed by atoms with Crippen molar-refractivity contribution < 1.29 is 13.2 Å². The SMILES string of the molecule is O=S1(=O)CCOc2ccccc2N1. The molecule has 1 aliphatic heterocycles. The lowest BCUT2D eigenvalue weighted by atomic mass is 10.3. The average Bonchev–Trinajstić information content (AvgIpc) is 2.21. The van der Waals surface area contributed by atoms with Crippen molar-refractivity contribution in [1.29, 1.82) is 0 Å². The minimum absolute atomic E-state index is 0.00167. The van der Waals surface area contributed by atoms with Crippen molar-refractivity contribution in [3.05, 3.63) is 24.3 Å². The van der Waals surface area contributed by atoms with Gasteiger partial charge in [-0.1, -0.05) is 12.1 Å². The number of nitrogens with one attached hydrogen (secondary N) is 1. The topological polar surface area (TPSA) is 55.4 Å². The van der Waals surface area contributed by atoms with Crippen LogP contribution in [-0.4, -0.2) is 20.8 Å². The number of hydrogen-bond donors (Lipinski definition) is 1. The highest BCUT2D eigenvalue weighted by molar-refractivity contribution is 7.92. The molecule has 70 valence electrons. The van der Waals surface area contributed by atoms with E-state index in [9.17, 15) is 8.42 Å². The predicted octanol–water partition coefficient (Wildman–Crippen LogP) is 0.821. The number of anilines is 1.